The molecule has 0 radical (unpaired) electrons. The van der Waals surface area contributed by atoms with Crippen LogP contribution < -0.4 is 0 Å². The van der Waals surface area contributed by atoms with Crippen LogP contribution in [0.15, 0.2) is 30.3 Å². The van der Waals surface area contributed by atoms with Gasteiger partial charge in [0, 0.05) is 39.0 Å². The SMILES string of the molecule is c1ccc(CO[C@H]2CN(C3CCOCC3)C[C@@]23CCCO3)cc1. The van der Waals surface area contributed by atoms with Crippen molar-refractivity contribution in [2.45, 2.75) is 50.0 Å². The number of benzene rings is 1. The second-order valence-corrected chi connectivity index (χ2v) is 7.08. The third kappa shape index (κ3) is 3.31. The van der Waals surface area contributed by atoms with E-state index >= 15 is 0 Å². The molecule has 3 fully saturated rings. The Balaban J connectivity index is 1.43. The van der Waals surface area contributed by atoms with Gasteiger partial charge in [-0.15, -0.1) is 0 Å². The summed E-state index contributed by atoms with van der Waals surface area (Å²) in [6.07, 6.45) is 4.76. The molecule has 23 heavy (non-hydrogen) atoms. The Bertz CT molecular complexity index is 495. The molecular formula is C19H27NO3. The molecule has 0 amide bonds. The topological polar surface area (TPSA) is 30.9 Å². The number of likely N-dealkylation sites (tertiary alicyclic amines) is 1. The molecule has 4 rings (SSSR count). The lowest BCUT2D eigenvalue weighted by Gasteiger charge is -2.32. The van der Waals surface area contributed by atoms with Crippen LogP contribution in [0.25, 0.3) is 0 Å². The molecular weight excluding hydrogens is 290 g/mol. The highest BCUT2D eigenvalue weighted by atomic mass is 16.6. The predicted octanol–water partition coefficient (Wildman–Crippen LogP) is 2.62. The lowest BCUT2D eigenvalue weighted by Crippen LogP contribution is -2.43. The van der Waals surface area contributed by atoms with Crippen LogP contribution in [0, 0.1) is 0 Å². The standard InChI is InChI=1S/C19H27NO3/c1-2-5-16(6-3-1)14-22-18-13-20(17-7-11-21-12-8-17)15-19(18)9-4-10-23-19/h1-3,5-6,17-18H,4,7-15H2/t18-,19-/m0/s1. The minimum absolute atomic E-state index is 0.0763. The summed E-state index contributed by atoms with van der Waals surface area (Å²) < 4.78 is 18.1. The van der Waals surface area contributed by atoms with Gasteiger partial charge in [0.15, 0.2) is 0 Å². The molecule has 0 N–H and O–H groups in total. The van der Waals surface area contributed by atoms with Gasteiger partial charge < -0.3 is 14.2 Å². The minimum atomic E-state index is -0.0763. The monoisotopic (exact) mass is 317 g/mol. The van der Waals surface area contributed by atoms with Crippen molar-refractivity contribution in [2.24, 2.45) is 0 Å². The molecule has 2 atom stereocenters. The smallest absolute Gasteiger partial charge is 0.108 e. The third-order valence-electron chi connectivity index (χ3n) is 5.59. The molecule has 126 valence electrons. The first-order chi connectivity index (χ1) is 11.4. The van der Waals surface area contributed by atoms with Gasteiger partial charge in [0.05, 0.1) is 6.61 Å². The van der Waals surface area contributed by atoms with Crippen molar-refractivity contribution in [3.63, 3.8) is 0 Å². The van der Waals surface area contributed by atoms with Gasteiger partial charge in [0.25, 0.3) is 0 Å². The van der Waals surface area contributed by atoms with E-state index in [4.69, 9.17) is 14.2 Å². The van der Waals surface area contributed by atoms with Crippen LogP contribution in [0.4, 0.5) is 0 Å². The summed E-state index contributed by atoms with van der Waals surface area (Å²) in [7, 11) is 0. The molecule has 3 aliphatic rings. The van der Waals surface area contributed by atoms with E-state index in [0.717, 1.165) is 58.6 Å². The van der Waals surface area contributed by atoms with Crippen molar-refractivity contribution in [3.05, 3.63) is 35.9 Å². The van der Waals surface area contributed by atoms with E-state index < -0.39 is 0 Å². The molecule has 1 aromatic carbocycles. The van der Waals surface area contributed by atoms with Gasteiger partial charge in [0.2, 0.25) is 0 Å². The fourth-order valence-corrected chi connectivity index (χ4v) is 4.29. The van der Waals surface area contributed by atoms with Gasteiger partial charge in [0.1, 0.15) is 11.7 Å². The van der Waals surface area contributed by atoms with Gasteiger partial charge in [-0.25, -0.2) is 0 Å². The highest BCUT2D eigenvalue weighted by Gasteiger charge is 2.51. The summed E-state index contributed by atoms with van der Waals surface area (Å²) >= 11 is 0. The highest BCUT2D eigenvalue weighted by molar-refractivity contribution is 5.14. The summed E-state index contributed by atoms with van der Waals surface area (Å²) in [6.45, 7) is 5.37. The molecule has 4 heteroatoms. The van der Waals surface area contributed by atoms with Crippen LogP contribution >= 0.6 is 0 Å². The number of hydrogen-bond acceptors (Lipinski definition) is 4. The Labute approximate surface area is 138 Å². The Morgan fingerprint density at radius 2 is 1.96 bits per heavy atom. The molecule has 1 spiro atoms. The normalized spacial score (nSPS) is 32.8. The van der Waals surface area contributed by atoms with Crippen molar-refractivity contribution in [3.8, 4) is 0 Å². The number of nitrogens with zero attached hydrogens (tertiary/aromatic N) is 1. The van der Waals surface area contributed by atoms with Crippen LogP contribution in [0.5, 0.6) is 0 Å². The molecule has 0 aliphatic carbocycles. The van der Waals surface area contributed by atoms with Crippen LogP contribution in [0.1, 0.15) is 31.2 Å². The Morgan fingerprint density at radius 3 is 2.70 bits per heavy atom. The van der Waals surface area contributed by atoms with E-state index in [1.165, 1.54) is 5.56 Å². The summed E-state index contributed by atoms with van der Waals surface area (Å²) in [6, 6.07) is 11.1. The molecule has 3 aliphatic heterocycles. The molecule has 3 saturated heterocycles. The quantitative estimate of drug-likeness (QED) is 0.854. The summed E-state index contributed by atoms with van der Waals surface area (Å²) in [5.41, 5.74) is 1.16. The lowest BCUT2D eigenvalue weighted by atomic mass is 9.96. The Hall–Kier alpha value is -0.940. The lowest BCUT2D eigenvalue weighted by molar-refractivity contribution is -0.0961. The fraction of sp³-hybridized carbons (Fsp3) is 0.684. The fourth-order valence-electron chi connectivity index (χ4n) is 4.29. The average Bonchev–Trinajstić information content (AvgIpc) is 3.23. The minimum Gasteiger partial charge on any atom is -0.381 e. The van der Waals surface area contributed by atoms with Gasteiger partial charge in [-0.2, -0.15) is 0 Å². The van der Waals surface area contributed by atoms with E-state index in [1.54, 1.807) is 0 Å². The van der Waals surface area contributed by atoms with Gasteiger partial charge in [-0.3, -0.25) is 4.90 Å². The molecule has 0 saturated carbocycles. The molecule has 0 unspecified atom stereocenters. The van der Waals surface area contributed by atoms with Crippen LogP contribution in [0.2, 0.25) is 0 Å². The maximum atomic E-state index is 6.35. The zero-order chi connectivity index (χ0) is 15.5. The number of rotatable bonds is 4. The Kier molecular flexibility index (Phi) is 4.67. The van der Waals surface area contributed by atoms with E-state index in [9.17, 15) is 0 Å². The summed E-state index contributed by atoms with van der Waals surface area (Å²) in [4.78, 5) is 2.60. The van der Waals surface area contributed by atoms with E-state index in [-0.39, 0.29) is 11.7 Å². The van der Waals surface area contributed by atoms with Crippen molar-refractivity contribution in [1.29, 1.82) is 0 Å². The highest BCUT2D eigenvalue weighted by Crippen LogP contribution is 2.39. The van der Waals surface area contributed by atoms with E-state index in [1.807, 2.05) is 6.07 Å². The second kappa shape index (κ2) is 6.89. The molecule has 1 aromatic rings. The molecule has 4 nitrogen and oxygen atoms in total. The first-order valence-corrected chi connectivity index (χ1v) is 8.97. The van der Waals surface area contributed by atoms with E-state index in [2.05, 4.69) is 29.2 Å². The van der Waals surface area contributed by atoms with E-state index in [0.29, 0.717) is 12.6 Å². The first kappa shape index (κ1) is 15.6. The molecule has 0 aromatic heterocycles. The van der Waals surface area contributed by atoms with Crippen molar-refractivity contribution >= 4 is 0 Å². The van der Waals surface area contributed by atoms with Crippen LogP contribution in [-0.4, -0.2) is 55.6 Å². The summed E-state index contributed by atoms with van der Waals surface area (Å²) in [5, 5.41) is 0. The maximum Gasteiger partial charge on any atom is 0.108 e. The number of ether oxygens (including phenoxy) is 3. The van der Waals surface area contributed by atoms with Crippen molar-refractivity contribution < 1.29 is 14.2 Å². The van der Waals surface area contributed by atoms with Crippen LogP contribution in [0.3, 0.4) is 0 Å². The van der Waals surface area contributed by atoms with Crippen molar-refractivity contribution in [1.82, 2.24) is 4.90 Å². The molecule has 0 bridgehead atoms. The first-order valence-electron chi connectivity index (χ1n) is 8.97. The molecule has 3 heterocycles. The van der Waals surface area contributed by atoms with Crippen LogP contribution in [-0.2, 0) is 20.8 Å². The average molecular weight is 317 g/mol. The van der Waals surface area contributed by atoms with Crippen molar-refractivity contribution in [2.75, 3.05) is 32.9 Å². The van der Waals surface area contributed by atoms with Gasteiger partial charge in [-0.05, 0) is 31.2 Å². The largest absolute Gasteiger partial charge is 0.381 e. The maximum absolute atomic E-state index is 6.35. The second-order valence-electron chi connectivity index (χ2n) is 7.08. The Morgan fingerprint density at radius 1 is 1.13 bits per heavy atom. The zero-order valence-corrected chi connectivity index (χ0v) is 13.8. The van der Waals surface area contributed by atoms with Gasteiger partial charge in [-0.1, -0.05) is 30.3 Å². The van der Waals surface area contributed by atoms with Gasteiger partial charge >= 0.3 is 0 Å². The summed E-state index contributed by atoms with van der Waals surface area (Å²) in [5.74, 6) is 0. The zero-order valence-electron chi connectivity index (χ0n) is 13.8. The predicted molar refractivity (Wildman–Crippen MR) is 88.4 cm³/mol. The third-order valence-corrected chi connectivity index (χ3v) is 5.59. The number of hydrogen-bond donors (Lipinski definition) is 0.